The number of aromatic nitrogens is 3. The van der Waals surface area contributed by atoms with Crippen LogP contribution in [0.3, 0.4) is 0 Å². The lowest BCUT2D eigenvalue weighted by molar-refractivity contribution is -0.149. The highest BCUT2D eigenvalue weighted by Gasteiger charge is 2.37. The molecule has 0 aliphatic heterocycles. The Morgan fingerprint density at radius 2 is 1.97 bits per heavy atom. The summed E-state index contributed by atoms with van der Waals surface area (Å²) in [5.74, 6) is -0.816. The highest BCUT2D eigenvalue weighted by atomic mass is 19.4. The number of ether oxygens (including phenoxy) is 1. The van der Waals surface area contributed by atoms with Crippen molar-refractivity contribution in [3.63, 3.8) is 0 Å². The molecule has 0 aliphatic rings. The van der Waals surface area contributed by atoms with E-state index in [4.69, 9.17) is 9.26 Å². The predicted molar refractivity (Wildman–Crippen MR) is 97.2 cm³/mol. The fourth-order valence-corrected chi connectivity index (χ4v) is 2.62. The molecule has 0 aliphatic carbocycles. The Hall–Kier alpha value is -3.37. The van der Waals surface area contributed by atoms with Gasteiger partial charge in [0, 0.05) is 18.7 Å². The first-order valence-corrected chi connectivity index (χ1v) is 8.81. The summed E-state index contributed by atoms with van der Waals surface area (Å²) < 4.78 is 63.0. The Morgan fingerprint density at radius 1 is 1.30 bits per heavy atom. The van der Waals surface area contributed by atoms with Crippen molar-refractivity contribution in [1.29, 1.82) is 0 Å². The number of benzene rings is 1. The first kappa shape index (κ1) is 21.3. The molecule has 0 fully saturated rings. The summed E-state index contributed by atoms with van der Waals surface area (Å²) in [6.45, 7) is 2.49. The third-order valence-corrected chi connectivity index (χ3v) is 4.40. The summed E-state index contributed by atoms with van der Waals surface area (Å²) in [5, 5.41) is 9.83. The van der Waals surface area contributed by atoms with Crippen LogP contribution in [0.15, 0.2) is 34.9 Å². The van der Waals surface area contributed by atoms with Gasteiger partial charge < -0.3 is 14.6 Å². The van der Waals surface area contributed by atoms with Gasteiger partial charge in [0.1, 0.15) is 35.6 Å². The van der Waals surface area contributed by atoms with Crippen LogP contribution < -0.4 is 10.1 Å². The van der Waals surface area contributed by atoms with Crippen LogP contribution in [0.4, 0.5) is 17.6 Å². The second-order valence-corrected chi connectivity index (χ2v) is 6.59. The van der Waals surface area contributed by atoms with Crippen molar-refractivity contribution in [3.05, 3.63) is 53.2 Å². The number of carbonyl (C=O) groups is 1. The first-order valence-electron chi connectivity index (χ1n) is 8.81. The molecular formula is C19H18F4N4O3. The van der Waals surface area contributed by atoms with E-state index in [1.54, 1.807) is 19.1 Å². The van der Waals surface area contributed by atoms with Crippen molar-refractivity contribution in [2.45, 2.75) is 32.7 Å². The molecule has 2 aromatic heterocycles. The first-order chi connectivity index (χ1) is 14.1. The number of rotatable bonds is 6. The number of alkyl halides is 3. The van der Waals surface area contributed by atoms with Crippen LogP contribution in [0.2, 0.25) is 0 Å². The third kappa shape index (κ3) is 4.61. The predicted octanol–water partition coefficient (Wildman–Crippen LogP) is 3.78. The number of aryl methyl sites for hydroxylation is 2. The van der Waals surface area contributed by atoms with Crippen LogP contribution in [0.25, 0.3) is 11.3 Å². The molecule has 2 heterocycles. The fourth-order valence-electron chi connectivity index (χ4n) is 2.62. The third-order valence-electron chi connectivity index (χ3n) is 4.40. The zero-order chi connectivity index (χ0) is 22.1. The van der Waals surface area contributed by atoms with Gasteiger partial charge in [0.15, 0.2) is 0 Å². The second kappa shape index (κ2) is 8.17. The number of hydrogen-bond acceptors (Lipinski definition) is 5. The molecule has 30 heavy (non-hydrogen) atoms. The van der Waals surface area contributed by atoms with Gasteiger partial charge in [-0.1, -0.05) is 5.16 Å². The number of carbonyl (C=O) groups excluding carboxylic acids is 1. The lowest BCUT2D eigenvalue weighted by Gasteiger charge is -2.16. The molecule has 3 rings (SSSR count). The maximum absolute atomic E-state index is 13.2. The van der Waals surface area contributed by atoms with Crippen molar-refractivity contribution in [2.75, 3.05) is 0 Å². The van der Waals surface area contributed by atoms with Gasteiger partial charge in [0.25, 0.3) is 5.91 Å². The average molecular weight is 426 g/mol. The van der Waals surface area contributed by atoms with Crippen LogP contribution >= 0.6 is 0 Å². The summed E-state index contributed by atoms with van der Waals surface area (Å²) in [6.07, 6.45) is -4.56. The number of hydrogen-bond donors (Lipinski definition) is 1. The van der Waals surface area contributed by atoms with Gasteiger partial charge in [-0.15, -0.1) is 5.10 Å². The molecule has 1 atom stereocenters. The smallest absolute Gasteiger partial charge is 0.408 e. The van der Waals surface area contributed by atoms with Gasteiger partial charge in [0.05, 0.1) is 5.56 Å². The minimum Gasteiger partial charge on any atom is -0.471 e. The zero-order valence-corrected chi connectivity index (χ0v) is 16.2. The number of amides is 1. The van der Waals surface area contributed by atoms with E-state index in [0.29, 0.717) is 22.6 Å². The summed E-state index contributed by atoms with van der Waals surface area (Å²) in [5.41, 5.74) is 1.57. The monoisotopic (exact) mass is 426 g/mol. The quantitative estimate of drug-likeness (QED) is 0.607. The van der Waals surface area contributed by atoms with Crippen LogP contribution in [0.1, 0.15) is 28.7 Å². The van der Waals surface area contributed by atoms with Crippen LogP contribution in [0.5, 0.6) is 5.88 Å². The van der Waals surface area contributed by atoms with E-state index >= 15 is 0 Å². The molecule has 0 saturated carbocycles. The SMILES string of the molecule is Cc1onc(-c2ccc(F)cc2)c1COc1cc(C(=O)NC(C)C(F)(F)F)n(C)n1. The lowest BCUT2D eigenvalue weighted by Crippen LogP contribution is -2.43. The fraction of sp³-hybridized carbons (Fsp3) is 0.316. The van der Waals surface area contributed by atoms with E-state index in [-0.39, 0.29) is 18.2 Å². The highest BCUT2D eigenvalue weighted by molar-refractivity contribution is 5.93. The molecule has 0 spiro atoms. The minimum atomic E-state index is -4.56. The largest absolute Gasteiger partial charge is 0.471 e. The molecule has 1 aromatic carbocycles. The molecule has 11 heteroatoms. The minimum absolute atomic E-state index is 0.0287. The average Bonchev–Trinajstić information content (AvgIpc) is 3.22. The number of halogens is 4. The lowest BCUT2D eigenvalue weighted by atomic mass is 10.1. The molecule has 1 unspecified atom stereocenters. The molecule has 160 valence electrons. The van der Waals surface area contributed by atoms with Gasteiger partial charge >= 0.3 is 6.18 Å². The highest BCUT2D eigenvalue weighted by Crippen LogP contribution is 2.27. The van der Waals surface area contributed by atoms with E-state index in [9.17, 15) is 22.4 Å². The van der Waals surface area contributed by atoms with Crippen molar-refractivity contribution in [2.24, 2.45) is 7.05 Å². The Bertz CT molecular complexity index is 1040. The summed E-state index contributed by atoms with van der Waals surface area (Å²) in [6, 6.07) is 4.88. The topological polar surface area (TPSA) is 82.2 Å². The van der Waals surface area contributed by atoms with E-state index in [0.717, 1.165) is 11.6 Å². The summed E-state index contributed by atoms with van der Waals surface area (Å²) in [7, 11) is 1.41. The summed E-state index contributed by atoms with van der Waals surface area (Å²) in [4.78, 5) is 12.1. The van der Waals surface area contributed by atoms with Crippen molar-refractivity contribution in [1.82, 2.24) is 20.3 Å². The Kier molecular flexibility index (Phi) is 5.81. The Labute approximate surface area is 168 Å². The number of nitrogens with one attached hydrogen (secondary N) is 1. The number of nitrogens with zero attached hydrogens (tertiary/aromatic N) is 3. The molecule has 0 radical (unpaired) electrons. The van der Waals surface area contributed by atoms with Gasteiger partial charge in [0.2, 0.25) is 5.88 Å². The molecule has 0 bridgehead atoms. The molecule has 0 saturated heterocycles. The molecular weight excluding hydrogens is 408 g/mol. The maximum Gasteiger partial charge on any atom is 0.408 e. The normalized spacial score (nSPS) is 12.6. The van der Waals surface area contributed by atoms with Gasteiger partial charge in [-0.25, -0.2) is 4.39 Å². The van der Waals surface area contributed by atoms with Crippen LogP contribution in [0, 0.1) is 12.7 Å². The van der Waals surface area contributed by atoms with Gasteiger partial charge in [-0.2, -0.15) is 13.2 Å². The molecule has 1 N–H and O–H groups in total. The van der Waals surface area contributed by atoms with E-state index in [1.165, 1.54) is 25.2 Å². The van der Waals surface area contributed by atoms with Gasteiger partial charge in [-0.3, -0.25) is 9.48 Å². The Morgan fingerprint density at radius 3 is 2.60 bits per heavy atom. The summed E-state index contributed by atoms with van der Waals surface area (Å²) >= 11 is 0. The van der Waals surface area contributed by atoms with Crippen molar-refractivity contribution < 1.29 is 31.6 Å². The van der Waals surface area contributed by atoms with Gasteiger partial charge in [-0.05, 0) is 38.1 Å². The van der Waals surface area contributed by atoms with Crippen LogP contribution in [-0.4, -0.2) is 33.1 Å². The second-order valence-electron chi connectivity index (χ2n) is 6.59. The van der Waals surface area contributed by atoms with E-state index in [2.05, 4.69) is 10.3 Å². The maximum atomic E-state index is 13.2. The molecule has 1 amide bonds. The van der Waals surface area contributed by atoms with E-state index in [1.807, 2.05) is 5.32 Å². The molecule has 3 aromatic rings. The Balaban J connectivity index is 1.74. The van der Waals surface area contributed by atoms with Crippen LogP contribution in [-0.2, 0) is 13.7 Å². The van der Waals surface area contributed by atoms with Crippen molar-refractivity contribution >= 4 is 5.91 Å². The van der Waals surface area contributed by atoms with E-state index < -0.39 is 23.9 Å². The molecule has 7 nitrogen and oxygen atoms in total. The van der Waals surface area contributed by atoms with Crippen molar-refractivity contribution in [3.8, 4) is 17.1 Å². The zero-order valence-electron chi connectivity index (χ0n) is 16.2. The standard InChI is InChI=1S/C19H18F4N4O3/c1-10-14(17(26-30-10)12-4-6-13(20)7-5-12)9-29-16-8-15(27(3)25-16)18(28)24-11(2)19(21,22)23/h4-8,11H,9H2,1-3H3,(H,24,28).